The van der Waals surface area contributed by atoms with Crippen LogP contribution in [0.5, 0.6) is 0 Å². The van der Waals surface area contributed by atoms with E-state index in [0.29, 0.717) is 5.92 Å². The lowest BCUT2D eigenvalue weighted by Crippen LogP contribution is -2.61. The third-order valence-corrected chi connectivity index (χ3v) is 4.31. The molecule has 1 aliphatic rings. The van der Waals surface area contributed by atoms with Crippen LogP contribution >= 0.6 is 0 Å². The van der Waals surface area contributed by atoms with Crippen molar-refractivity contribution in [3.8, 4) is 0 Å². The van der Waals surface area contributed by atoms with Gasteiger partial charge in [-0.1, -0.05) is 44.1 Å². The number of benzene rings is 1. The summed E-state index contributed by atoms with van der Waals surface area (Å²) in [6.45, 7) is 4.83. The molecule has 3 rings (SSSR count). The van der Waals surface area contributed by atoms with Gasteiger partial charge in [0.2, 0.25) is 0 Å². The van der Waals surface area contributed by atoms with Crippen LogP contribution in [0.4, 0.5) is 0 Å². The van der Waals surface area contributed by atoms with Gasteiger partial charge in [-0.15, -0.1) is 0 Å². The smallest absolute Gasteiger partial charge is 0.396 e. The van der Waals surface area contributed by atoms with Gasteiger partial charge in [0, 0.05) is 12.1 Å². The summed E-state index contributed by atoms with van der Waals surface area (Å²) in [5.74, 6) is 3.05. The maximum absolute atomic E-state index is 2.36. The second-order valence-corrected chi connectivity index (χ2v) is 6.70. The van der Waals surface area contributed by atoms with Gasteiger partial charge in [0.05, 0.1) is 0 Å². The molecule has 1 aromatic heterocycles. The van der Waals surface area contributed by atoms with Crippen molar-refractivity contribution in [2.24, 2.45) is 13.0 Å². The average molecular weight is 291 g/mol. The monoisotopic (exact) mass is 291 g/mol. The van der Waals surface area contributed by atoms with Crippen LogP contribution in [0.25, 0.3) is 12.2 Å². The highest BCUT2D eigenvalue weighted by atomic mass is 15.0. The van der Waals surface area contributed by atoms with E-state index < -0.39 is 0 Å². The van der Waals surface area contributed by atoms with E-state index in [1.165, 1.54) is 21.6 Å². The molecule has 0 radical (unpaired) electrons. The molecule has 0 spiro atoms. The van der Waals surface area contributed by atoms with Crippen molar-refractivity contribution in [2.75, 3.05) is 7.05 Å². The molecule has 1 aromatic carbocycles. The van der Waals surface area contributed by atoms with Gasteiger partial charge in [0.25, 0.3) is 0 Å². The molecule has 2 aromatic rings. The lowest BCUT2D eigenvalue weighted by molar-refractivity contribution is -0.654. The standard InChI is InChI=1S/C19H24BN2/c1-15(2)11-16-9-10-21(3)19(12-16)20-13-17-7-5-6-8-18(17)14-22(20)4/h5-10,12-15H,11H2,1-4H3/q+1. The molecule has 0 unspecified atom stereocenters. The summed E-state index contributed by atoms with van der Waals surface area (Å²) in [4.78, 5) is 2.30. The van der Waals surface area contributed by atoms with Crippen LogP contribution in [0.1, 0.15) is 19.4 Å². The van der Waals surface area contributed by atoms with Crippen LogP contribution in [0.3, 0.4) is 0 Å². The van der Waals surface area contributed by atoms with E-state index in [0.717, 1.165) is 6.42 Å². The zero-order chi connectivity index (χ0) is 15.7. The SMILES string of the molecule is CC(C)Cc1cc[n+](C)c(B2C=c3ccccc3=CN2C)c1. The number of rotatable bonds is 3. The van der Waals surface area contributed by atoms with E-state index in [-0.39, 0.29) is 6.85 Å². The molecule has 0 aliphatic carbocycles. The van der Waals surface area contributed by atoms with Gasteiger partial charge in [-0.2, -0.15) is 0 Å². The van der Waals surface area contributed by atoms with Crippen molar-refractivity contribution in [3.63, 3.8) is 0 Å². The highest BCUT2D eigenvalue weighted by Crippen LogP contribution is 2.06. The van der Waals surface area contributed by atoms with Crippen LogP contribution in [-0.2, 0) is 13.5 Å². The summed E-state index contributed by atoms with van der Waals surface area (Å²) in [6.07, 6.45) is 5.56. The highest BCUT2D eigenvalue weighted by molar-refractivity contribution is 6.82. The molecule has 0 saturated heterocycles. The minimum Gasteiger partial charge on any atom is -0.411 e. The predicted octanol–water partition coefficient (Wildman–Crippen LogP) is 0.611. The normalized spacial score (nSPS) is 13.7. The highest BCUT2D eigenvalue weighted by Gasteiger charge is 2.29. The first kappa shape index (κ1) is 14.9. The lowest BCUT2D eigenvalue weighted by atomic mass is 9.55. The van der Waals surface area contributed by atoms with Crippen LogP contribution in [0.2, 0.25) is 0 Å². The van der Waals surface area contributed by atoms with E-state index >= 15 is 0 Å². The Labute approximate surface area is 133 Å². The molecule has 2 nitrogen and oxygen atoms in total. The molecule has 1 aliphatic heterocycles. The summed E-state index contributed by atoms with van der Waals surface area (Å²) in [6, 6.07) is 13.2. The molecule has 0 amide bonds. The van der Waals surface area contributed by atoms with Gasteiger partial charge in [0.1, 0.15) is 7.05 Å². The third-order valence-electron chi connectivity index (χ3n) is 4.31. The van der Waals surface area contributed by atoms with E-state index in [4.69, 9.17) is 0 Å². The minimum atomic E-state index is 0.284. The second kappa shape index (κ2) is 6.00. The molecular weight excluding hydrogens is 267 g/mol. The Morgan fingerprint density at radius 3 is 2.59 bits per heavy atom. The van der Waals surface area contributed by atoms with Crippen LogP contribution in [0, 0.1) is 5.92 Å². The first-order chi connectivity index (χ1) is 10.5. The average Bonchev–Trinajstić information content (AvgIpc) is 2.48. The Hall–Kier alpha value is -2.03. The zero-order valence-corrected chi connectivity index (χ0v) is 14.0. The summed E-state index contributed by atoms with van der Waals surface area (Å²) in [5, 5.41) is 2.61. The van der Waals surface area contributed by atoms with E-state index in [1.807, 2.05) is 0 Å². The fourth-order valence-electron chi connectivity index (χ4n) is 3.19. The van der Waals surface area contributed by atoms with Crippen molar-refractivity contribution >= 4 is 24.6 Å². The number of aromatic nitrogens is 1. The molecular formula is C19H24BN2+. The Balaban J connectivity index is 2.06. The van der Waals surface area contributed by atoms with Crippen molar-refractivity contribution in [2.45, 2.75) is 20.3 Å². The van der Waals surface area contributed by atoms with Crippen molar-refractivity contribution in [1.82, 2.24) is 4.81 Å². The van der Waals surface area contributed by atoms with Crippen molar-refractivity contribution < 1.29 is 4.57 Å². The number of fused-ring (bicyclic) bond motifs is 1. The summed E-state index contributed by atoms with van der Waals surface area (Å²) in [7, 11) is 4.29. The van der Waals surface area contributed by atoms with Crippen LogP contribution < -0.4 is 20.6 Å². The summed E-state index contributed by atoms with van der Waals surface area (Å²) >= 11 is 0. The Kier molecular flexibility index (Phi) is 4.06. The van der Waals surface area contributed by atoms with E-state index in [2.05, 4.69) is 92.1 Å². The topological polar surface area (TPSA) is 7.12 Å². The molecule has 0 N–H and O–H groups in total. The number of nitrogens with zero attached hydrogens (tertiary/aromatic N) is 2. The van der Waals surface area contributed by atoms with Gasteiger partial charge in [-0.05, 0) is 41.6 Å². The fourth-order valence-corrected chi connectivity index (χ4v) is 3.19. The predicted molar refractivity (Wildman–Crippen MR) is 93.9 cm³/mol. The maximum atomic E-state index is 2.36. The Morgan fingerprint density at radius 2 is 1.86 bits per heavy atom. The van der Waals surface area contributed by atoms with Gasteiger partial charge in [0.15, 0.2) is 11.8 Å². The van der Waals surface area contributed by atoms with Crippen molar-refractivity contribution in [1.29, 1.82) is 0 Å². The minimum absolute atomic E-state index is 0.284. The van der Waals surface area contributed by atoms with Gasteiger partial charge in [-0.3, -0.25) is 0 Å². The van der Waals surface area contributed by atoms with E-state index in [1.54, 1.807) is 0 Å². The second-order valence-electron chi connectivity index (χ2n) is 6.70. The number of hydrogen-bond acceptors (Lipinski definition) is 1. The van der Waals surface area contributed by atoms with Gasteiger partial charge >= 0.3 is 6.85 Å². The largest absolute Gasteiger partial charge is 0.411 e. The molecule has 0 atom stereocenters. The summed E-state index contributed by atoms with van der Waals surface area (Å²) in [5.41, 5.74) is 2.76. The molecule has 112 valence electrons. The van der Waals surface area contributed by atoms with Crippen LogP contribution in [0.15, 0.2) is 42.6 Å². The van der Waals surface area contributed by atoms with E-state index in [9.17, 15) is 0 Å². The quantitative estimate of drug-likeness (QED) is 0.594. The molecule has 0 saturated carbocycles. The number of pyridine rings is 1. The first-order valence-electron chi connectivity index (χ1n) is 8.04. The molecule has 3 heteroatoms. The first-order valence-corrected chi connectivity index (χ1v) is 8.04. The maximum Gasteiger partial charge on any atom is 0.396 e. The zero-order valence-electron chi connectivity index (χ0n) is 14.0. The van der Waals surface area contributed by atoms with Crippen molar-refractivity contribution in [3.05, 3.63) is 58.6 Å². The Morgan fingerprint density at radius 1 is 1.14 bits per heavy atom. The molecule has 2 heterocycles. The lowest BCUT2D eigenvalue weighted by Gasteiger charge is -2.22. The summed E-state index contributed by atoms with van der Waals surface area (Å²) < 4.78 is 2.24. The molecule has 0 fully saturated rings. The molecule has 22 heavy (non-hydrogen) atoms. The number of hydrogen-bond donors (Lipinski definition) is 0. The third kappa shape index (κ3) is 2.94. The Bertz CT molecular complexity index is 795. The fraction of sp³-hybridized carbons (Fsp3) is 0.316. The molecule has 0 bridgehead atoms. The van der Waals surface area contributed by atoms with Gasteiger partial charge < -0.3 is 4.81 Å². The number of aryl methyl sites for hydroxylation is 1. The van der Waals surface area contributed by atoms with Crippen LogP contribution in [-0.4, -0.2) is 18.7 Å². The van der Waals surface area contributed by atoms with Gasteiger partial charge in [-0.25, -0.2) is 4.57 Å².